The third-order valence-corrected chi connectivity index (χ3v) is 5.97. The van der Waals surface area contributed by atoms with Gasteiger partial charge in [-0.25, -0.2) is 18.2 Å². The summed E-state index contributed by atoms with van der Waals surface area (Å²) in [4.78, 5) is 18.1. The second-order valence-electron chi connectivity index (χ2n) is 6.71. The normalized spacial score (nSPS) is 11.3. The third kappa shape index (κ3) is 5.01. The van der Waals surface area contributed by atoms with Crippen LogP contribution in [0.4, 0.5) is 11.5 Å². The molecular formula is C20H27N3O4S. The molecule has 0 unspecified atom stereocenters. The second-order valence-corrected chi connectivity index (χ2v) is 8.36. The van der Waals surface area contributed by atoms with Crippen LogP contribution in [-0.2, 0) is 10.0 Å². The van der Waals surface area contributed by atoms with Crippen molar-refractivity contribution >= 4 is 27.5 Å². The van der Waals surface area contributed by atoms with Crippen molar-refractivity contribution in [2.45, 2.75) is 45.4 Å². The molecule has 0 aliphatic heterocycles. The van der Waals surface area contributed by atoms with Crippen LogP contribution < -0.4 is 9.62 Å². The van der Waals surface area contributed by atoms with Crippen molar-refractivity contribution in [1.82, 2.24) is 4.98 Å². The summed E-state index contributed by atoms with van der Waals surface area (Å²) in [5, 5.41) is 9.61. The van der Waals surface area contributed by atoms with E-state index in [9.17, 15) is 18.3 Å². The fourth-order valence-corrected chi connectivity index (χ4v) is 4.26. The highest BCUT2D eigenvalue weighted by atomic mass is 32.2. The van der Waals surface area contributed by atoms with Gasteiger partial charge in [0.25, 0.3) is 10.0 Å². The smallest absolute Gasteiger partial charge is 0.339 e. The lowest BCUT2D eigenvalue weighted by atomic mass is 10.2. The number of hydrogen-bond donors (Lipinski definition) is 2. The Labute approximate surface area is 166 Å². The summed E-state index contributed by atoms with van der Waals surface area (Å²) in [6.07, 6.45) is 3.25. The average molecular weight is 406 g/mol. The molecule has 2 N–H and O–H groups in total. The van der Waals surface area contributed by atoms with Gasteiger partial charge in [0.15, 0.2) is 0 Å². The summed E-state index contributed by atoms with van der Waals surface area (Å²) >= 11 is 0. The number of pyridine rings is 1. The average Bonchev–Trinajstić information content (AvgIpc) is 2.64. The van der Waals surface area contributed by atoms with E-state index in [0.29, 0.717) is 24.5 Å². The van der Waals surface area contributed by atoms with E-state index < -0.39 is 16.0 Å². The Balaban J connectivity index is 2.40. The number of nitrogens with zero attached hydrogens (tertiary/aromatic N) is 2. The maximum Gasteiger partial charge on any atom is 0.339 e. The van der Waals surface area contributed by atoms with Crippen LogP contribution >= 0.6 is 0 Å². The van der Waals surface area contributed by atoms with Crippen molar-refractivity contribution in [3.63, 3.8) is 0 Å². The summed E-state index contributed by atoms with van der Waals surface area (Å²) in [5.41, 5.74) is 1.52. The van der Waals surface area contributed by atoms with Crippen molar-refractivity contribution in [2.24, 2.45) is 0 Å². The lowest BCUT2D eigenvalue weighted by Gasteiger charge is -2.23. The van der Waals surface area contributed by atoms with Gasteiger partial charge in [-0.3, -0.25) is 4.72 Å². The maximum atomic E-state index is 12.8. The molecule has 0 amide bonds. The first-order valence-corrected chi connectivity index (χ1v) is 10.8. The quantitative estimate of drug-likeness (QED) is 0.658. The third-order valence-electron chi connectivity index (χ3n) is 4.45. The number of unbranched alkanes of at least 4 members (excludes halogenated alkanes) is 1. The van der Waals surface area contributed by atoms with E-state index in [2.05, 4.69) is 16.6 Å². The molecule has 0 saturated heterocycles. The van der Waals surface area contributed by atoms with Gasteiger partial charge < -0.3 is 10.0 Å². The van der Waals surface area contributed by atoms with Crippen molar-refractivity contribution in [1.29, 1.82) is 0 Å². The number of hydrogen-bond acceptors (Lipinski definition) is 5. The molecule has 1 heterocycles. The highest BCUT2D eigenvalue weighted by Gasteiger charge is 2.21. The van der Waals surface area contributed by atoms with Gasteiger partial charge in [-0.1, -0.05) is 25.5 Å². The number of aromatic nitrogens is 1. The first-order chi connectivity index (χ1) is 13.2. The predicted molar refractivity (Wildman–Crippen MR) is 111 cm³/mol. The number of sulfonamides is 1. The van der Waals surface area contributed by atoms with Gasteiger partial charge in [-0.2, -0.15) is 0 Å². The van der Waals surface area contributed by atoms with E-state index in [0.717, 1.165) is 18.4 Å². The van der Waals surface area contributed by atoms with E-state index in [1.807, 2.05) is 24.8 Å². The zero-order valence-corrected chi connectivity index (χ0v) is 17.5. The van der Waals surface area contributed by atoms with Crippen LogP contribution in [0.2, 0.25) is 0 Å². The molecule has 0 radical (unpaired) electrons. The van der Waals surface area contributed by atoms with E-state index >= 15 is 0 Å². The Kier molecular flexibility index (Phi) is 7.01. The molecule has 0 atom stereocenters. The number of rotatable bonds is 9. The van der Waals surface area contributed by atoms with Crippen molar-refractivity contribution < 1.29 is 18.3 Å². The van der Waals surface area contributed by atoms with Crippen LogP contribution in [0.15, 0.2) is 35.4 Å². The van der Waals surface area contributed by atoms with E-state index in [1.54, 1.807) is 19.1 Å². The second kappa shape index (κ2) is 9.05. The molecule has 2 aromatic rings. The SMILES string of the molecule is CCCCN(CC)c1ncc(NS(=O)(=O)c2cc(C)ccc2C)cc1C(=O)O. The molecule has 8 heteroatoms. The molecule has 0 aliphatic carbocycles. The number of carbonyl (C=O) groups is 1. The molecule has 0 bridgehead atoms. The fraction of sp³-hybridized carbons (Fsp3) is 0.400. The monoisotopic (exact) mass is 405 g/mol. The molecule has 28 heavy (non-hydrogen) atoms. The van der Waals surface area contributed by atoms with Gasteiger partial charge in [-0.15, -0.1) is 0 Å². The van der Waals surface area contributed by atoms with Crippen molar-refractivity contribution in [2.75, 3.05) is 22.7 Å². The number of nitrogens with one attached hydrogen (secondary N) is 1. The summed E-state index contributed by atoms with van der Waals surface area (Å²) in [6, 6.07) is 6.48. The minimum atomic E-state index is -3.86. The topological polar surface area (TPSA) is 99.6 Å². The summed E-state index contributed by atoms with van der Waals surface area (Å²) in [5.74, 6) is -0.802. The fourth-order valence-electron chi connectivity index (χ4n) is 2.89. The Morgan fingerprint density at radius 2 is 1.93 bits per heavy atom. The van der Waals surface area contributed by atoms with Crippen LogP contribution in [0, 0.1) is 13.8 Å². The van der Waals surface area contributed by atoms with Gasteiger partial charge in [0.05, 0.1) is 16.8 Å². The molecule has 0 fully saturated rings. The van der Waals surface area contributed by atoms with Gasteiger partial charge in [0, 0.05) is 13.1 Å². The Morgan fingerprint density at radius 1 is 1.21 bits per heavy atom. The van der Waals surface area contributed by atoms with E-state index in [1.165, 1.54) is 12.3 Å². The lowest BCUT2D eigenvalue weighted by Crippen LogP contribution is -2.27. The van der Waals surface area contributed by atoms with E-state index in [-0.39, 0.29) is 16.1 Å². The number of benzene rings is 1. The van der Waals surface area contributed by atoms with Crippen LogP contribution in [0.1, 0.15) is 48.2 Å². The molecule has 152 valence electrons. The summed E-state index contributed by atoms with van der Waals surface area (Å²) in [6.45, 7) is 8.82. The summed E-state index contributed by atoms with van der Waals surface area (Å²) < 4.78 is 28.0. The number of aromatic carboxylic acids is 1. The van der Waals surface area contributed by atoms with Gasteiger partial charge in [0.1, 0.15) is 11.4 Å². The van der Waals surface area contributed by atoms with Crippen LogP contribution in [0.25, 0.3) is 0 Å². The van der Waals surface area contributed by atoms with Crippen molar-refractivity contribution in [3.05, 3.63) is 47.2 Å². The molecule has 1 aromatic heterocycles. The first-order valence-electron chi connectivity index (χ1n) is 9.28. The number of anilines is 2. The highest BCUT2D eigenvalue weighted by molar-refractivity contribution is 7.92. The maximum absolute atomic E-state index is 12.8. The van der Waals surface area contributed by atoms with Gasteiger partial charge >= 0.3 is 5.97 Å². The Bertz CT molecular complexity index is 958. The van der Waals surface area contributed by atoms with Crippen LogP contribution in [-0.4, -0.2) is 37.6 Å². The molecule has 1 aromatic carbocycles. The first kappa shape index (κ1) is 21.7. The standard InChI is InChI=1S/C20H27N3O4S/c1-5-7-10-23(6-2)19-17(20(24)25)12-16(13-21-19)22-28(26,27)18-11-14(3)8-9-15(18)4/h8-9,11-13,22H,5-7,10H2,1-4H3,(H,24,25). The Hall–Kier alpha value is -2.61. The molecule has 0 aliphatic rings. The van der Waals surface area contributed by atoms with E-state index in [4.69, 9.17) is 0 Å². The molecular weight excluding hydrogens is 378 g/mol. The zero-order chi connectivity index (χ0) is 20.9. The summed E-state index contributed by atoms with van der Waals surface area (Å²) in [7, 11) is -3.86. The molecule has 2 rings (SSSR count). The zero-order valence-electron chi connectivity index (χ0n) is 16.7. The minimum absolute atomic E-state index is 0.0286. The highest BCUT2D eigenvalue weighted by Crippen LogP contribution is 2.25. The number of carboxylic acids is 1. The van der Waals surface area contributed by atoms with Gasteiger partial charge in [-0.05, 0) is 50.5 Å². The molecule has 7 nitrogen and oxygen atoms in total. The lowest BCUT2D eigenvalue weighted by molar-refractivity contribution is 0.0697. The number of aryl methyl sites for hydroxylation is 2. The molecule has 0 saturated carbocycles. The molecule has 0 spiro atoms. The van der Waals surface area contributed by atoms with Gasteiger partial charge in [0.2, 0.25) is 0 Å². The minimum Gasteiger partial charge on any atom is -0.478 e. The Morgan fingerprint density at radius 3 is 2.54 bits per heavy atom. The number of carboxylic acid groups (broad SMARTS) is 1. The van der Waals surface area contributed by atoms with Crippen LogP contribution in [0.3, 0.4) is 0 Å². The van der Waals surface area contributed by atoms with Crippen molar-refractivity contribution in [3.8, 4) is 0 Å². The predicted octanol–water partition coefficient (Wildman–Crippen LogP) is 3.82. The largest absolute Gasteiger partial charge is 0.478 e. The van der Waals surface area contributed by atoms with Crippen LogP contribution in [0.5, 0.6) is 0 Å².